The monoisotopic (exact) mass is 284 g/mol. The lowest BCUT2D eigenvalue weighted by Crippen LogP contribution is -2.01. The van der Waals surface area contributed by atoms with Crippen LogP contribution in [0.3, 0.4) is 0 Å². The molecule has 2 aromatic heterocycles. The number of anilines is 2. The highest BCUT2D eigenvalue weighted by Gasteiger charge is 2.01. The molecule has 0 saturated heterocycles. The molecule has 0 radical (unpaired) electrons. The van der Waals surface area contributed by atoms with Crippen molar-refractivity contribution in [3.05, 3.63) is 64.9 Å². The molecule has 0 aliphatic rings. The van der Waals surface area contributed by atoms with Crippen LogP contribution >= 0.6 is 11.3 Å². The Morgan fingerprint density at radius 2 is 2.25 bits per heavy atom. The maximum Gasteiger partial charge on any atom is 0.0949 e. The van der Waals surface area contributed by atoms with Gasteiger partial charge in [-0.25, -0.2) is 4.98 Å². The zero-order chi connectivity index (χ0) is 13.8. The lowest BCUT2D eigenvalue weighted by molar-refractivity contribution is 0.797. The largest absolute Gasteiger partial charge is 0.398 e. The van der Waals surface area contributed by atoms with E-state index in [1.807, 2.05) is 24.0 Å². The summed E-state index contributed by atoms with van der Waals surface area (Å²) < 4.78 is 2.05. The molecule has 102 valence electrons. The lowest BCUT2D eigenvalue weighted by Gasteiger charge is -2.08. The Bertz CT molecular complexity index is 673. The van der Waals surface area contributed by atoms with Gasteiger partial charge in [-0.3, -0.25) is 0 Å². The quantitative estimate of drug-likeness (QED) is 0.756. The molecule has 3 rings (SSSR count). The third-order valence-electron chi connectivity index (χ3n) is 3.08. The third-order valence-corrected chi connectivity index (χ3v) is 4.02. The maximum atomic E-state index is 5.89. The first kappa shape index (κ1) is 12.7. The molecule has 0 aliphatic heterocycles. The van der Waals surface area contributed by atoms with Gasteiger partial charge in [0.1, 0.15) is 0 Å². The van der Waals surface area contributed by atoms with Crippen molar-refractivity contribution >= 4 is 22.7 Å². The fourth-order valence-electron chi connectivity index (χ4n) is 2.05. The molecule has 20 heavy (non-hydrogen) atoms. The predicted octanol–water partition coefficient (Wildman–Crippen LogP) is 3.19. The number of nitrogens with two attached hydrogens (primary N) is 1. The summed E-state index contributed by atoms with van der Waals surface area (Å²) in [7, 11) is 0. The molecule has 3 N–H and O–H groups in total. The van der Waals surface area contributed by atoms with Crippen LogP contribution in [0.1, 0.15) is 10.4 Å². The molecule has 2 heterocycles. The first-order valence-corrected chi connectivity index (χ1v) is 7.29. The fraction of sp³-hybridized carbons (Fsp3) is 0.133. The number of imidazole rings is 1. The van der Waals surface area contributed by atoms with E-state index in [9.17, 15) is 0 Å². The summed E-state index contributed by atoms with van der Waals surface area (Å²) in [6, 6.07) is 10.3. The summed E-state index contributed by atoms with van der Waals surface area (Å²) in [6.07, 6.45) is 5.58. The van der Waals surface area contributed by atoms with E-state index in [2.05, 4.69) is 39.1 Å². The number of benzene rings is 1. The minimum atomic E-state index is 0.762. The second-order valence-corrected chi connectivity index (χ2v) is 5.59. The number of hydrogen-bond donors (Lipinski definition) is 2. The van der Waals surface area contributed by atoms with Gasteiger partial charge in [0.2, 0.25) is 0 Å². The predicted molar refractivity (Wildman–Crippen MR) is 83.8 cm³/mol. The van der Waals surface area contributed by atoms with Crippen LogP contribution in [-0.2, 0) is 13.1 Å². The normalized spacial score (nSPS) is 10.6. The van der Waals surface area contributed by atoms with Gasteiger partial charge in [-0.1, -0.05) is 12.1 Å². The van der Waals surface area contributed by atoms with Crippen LogP contribution in [0, 0.1) is 0 Å². The van der Waals surface area contributed by atoms with E-state index in [4.69, 9.17) is 5.73 Å². The van der Waals surface area contributed by atoms with Gasteiger partial charge in [0.25, 0.3) is 0 Å². The number of aromatic nitrogens is 2. The van der Waals surface area contributed by atoms with Crippen molar-refractivity contribution in [2.45, 2.75) is 13.1 Å². The first-order chi connectivity index (χ1) is 9.81. The Kier molecular flexibility index (Phi) is 3.69. The highest BCUT2D eigenvalue weighted by atomic mass is 32.1. The van der Waals surface area contributed by atoms with E-state index in [1.54, 1.807) is 17.5 Å². The van der Waals surface area contributed by atoms with Crippen molar-refractivity contribution in [1.29, 1.82) is 0 Å². The second kappa shape index (κ2) is 5.79. The topological polar surface area (TPSA) is 55.9 Å². The van der Waals surface area contributed by atoms with Crippen LogP contribution in [0.4, 0.5) is 11.4 Å². The molecule has 0 atom stereocenters. The van der Waals surface area contributed by atoms with Gasteiger partial charge in [-0.2, -0.15) is 0 Å². The van der Waals surface area contributed by atoms with Crippen LogP contribution in [-0.4, -0.2) is 9.55 Å². The summed E-state index contributed by atoms with van der Waals surface area (Å²) in [6.45, 7) is 1.59. The molecule has 4 nitrogen and oxygen atoms in total. The number of rotatable bonds is 5. The van der Waals surface area contributed by atoms with Crippen molar-refractivity contribution in [3.63, 3.8) is 0 Å². The van der Waals surface area contributed by atoms with Crippen LogP contribution in [0.15, 0.2) is 54.4 Å². The average Bonchev–Trinajstić information content (AvgIpc) is 3.09. The Hall–Kier alpha value is -2.27. The number of thiophene rings is 1. The van der Waals surface area contributed by atoms with Gasteiger partial charge in [-0.15, -0.1) is 11.3 Å². The van der Waals surface area contributed by atoms with Crippen LogP contribution < -0.4 is 11.1 Å². The van der Waals surface area contributed by atoms with E-state index < -0.39 is 0 Å². The molecule has 0 saturated carbocycles. The average molecular weight is 284 g/mol. The zero-order valence-corrected chi connectivity index (χ0v) is 11.8. The molecule has 3 aromatic rings. The van der Waals surface area contributed by atoms with Gasteiger partial charge in [0.15, 0.2) is 0 Å². The number of nitrogen functional groups attached to an aromatic ring is 1. The minimum Gasteiger partial charge on any atom is -0.398 e. The highest BCUT2D eigenvalue weighted by molar-refractivity contribution is 7.10. The van der Waals surface area contributed by atoms with E-state index in [0.717, 1.165) is 24.5 Å². The van der Waals surface area contributed by atoms with E-state index in [0.29, 0.717) is 0 Å². The van der Waals surface area contributed by atoms with Crippen LogP contribution in [0.5, 0.6) is 0 Å². The molecular weight excluding hydrogens is 268 g/mol. The van der Waals surface area contributed by atoms with Crippen molar-refractivity contribution in [3.8, 4) is 0 Å². The molecule has 1 aromatic carbocycles. The first-order valence-electron chi connectivity index (χ1n) is 6.41. The molecular formula is C15H16N4S. The zero-order valence-electron chi connectivity index (χ0n) is 11.0. The van der Waals surface area contributed by atoms with Crippen molar-refractivity contribution < 1.29 is 0 Å². The maximum absolute atomic E-state index is 5.89. The van der Waals surface area contributed by atoms with Crippen LogP contribution in [0.25, 0.3) is 0 Å². The summed E-state index contributed by atoms with van der Waals surface area (Å²) in [4.78, 5) is 5.23. The second-order valence-electron chi connectivity index (χ2n) is 4.59. The molecule has 0 fully saturated rings. The molecule has 0 amide bonds. The molecule has 0 bridgehead atoms. The van der Waals surface area contributed by atoms with Gasteiger partial charge >= 0.3 is 0 Å². The Morgan fingerprint density at radius 1 is 1.30 bits per heavy atom. The Morgan fingerprint density at radius 3 is 3.00 bits per heavy atom. The van der Waals surface area contributed by atoms with E-state index in [1.165, 1.54) is 10.4 Å². The SMILES string of the molecule is Nc1ccsc1CNc1cccc(Cn2ccnc2)c1. The summed E-state index contributed by atoms with van der Waals surface area (Å²) in [5.41, 5.74) is 9.09. The van der Waals surface area contributed by atoms with Crippen molar-refractivity contribution in [2.24, 2.45) is 0 Å². The molecule has 5 heteroatoms. The number of nitrogens with zero attached hydrogens (tertiary/aromatic N) is 2. The van der Waals surface area contributed by atoms with Crippen molar-refractivity contribution in [1.82, 2.24) is 9.55 Å². The molecule has 0 spiro atoms. The third kappa shape index (κ3) is 3.00. The molecule has 0 aliphatic carbocycles. The van der Waals surface area contributed by atoms with Crippen LogP contribution in [0.2, 0.25) is 0 Å². The summed E-state index contributed by atoms with van der Waals surface area (Å²) >= 11 is 1.68. The fourth-order valence-corrected chi connectivity index (χ4v) is 2.79. The summed E-state index contributed by atoms with van der Waals surface area (Å²) in [5, 5.41) is 5.43. The number of hydrogen-bond acceptors (Lipinski definition) is 4. The smallest absolute Gasteiger partial charge is 0.0949 e. The standard InChI is InChI=1S/C15H16N4S/c16-14-4-7-20-15(14)9-18-13-3-1-2-12(8-13)10-19-6-5-17-11-19/h1-8,11,18H,9-10,16H2. The van der Waals surface area contributed by atoms with Gasteiger partial charge < -0.3 is 15.6 Å². The van der Waals surface area contributed by atoms with Gasteiger partial charge in [0, 0.05) is 35.2 Å². The Labute approximate surface area is 121 Å². The lowest BCUT2D eigenvalue weighted by atomic mass is 10.2. The van der Waals surface area contributed by atoms with Crippen molar-refractivity contribution in [2.75, 3.05) is 11.1 Å². The van der Waals surface area contributed by atoms with Gasteiger partial charge in [-0.05, 0) is 29.1 Å². The number of nitrogens with one attached hydrogen (secondary N) is 1. The van der Waals surface area contributed by atoms with E-state index >= 15 is 0 Å². The Balaban J connectivity index is 1.67. The molecule has 0 unspecified atom stereocenters. The minimum absolute atomic E-state index is 0.762. The van der Waals surface area contributed by atoms with Gasteiger partial charge in [0.05, 0.1) is 12.9 Å². The highest BCUT2D eigenvalue weighted by Crippen LogP contribution is 2.20. The van der Waals surface area contributed by atoms with E-state index in [-0.39, 0.29) is 0 Å². The summed E-state index contributed by atoms with van der Waals surface area (Å²) in [5.74, 6) is 0.